The van der Waals surface area contributed by atoms with Crippen molar-refractivity contribution in [3.63, 3.8) is 0 Å². The maximum atomic E-state index is 12.2. The first-order chi connectivity index (χ1) is 11.1. The summed E-state index contributed by atoms with van der Waals surface area (Å²) >= 11 is 0. The maximum absolute atomic E-state index is 12.2. The van der Waals surface area contributed by atoms with Crippen LogP contribution in [0.4, 0.5) is 0 Å². The molecule has 0 unspecified atom stereocenters. The topological polar surface area (TPSA) is 59.8 Å². The highest BCUT2D eigenvalue weighted by Crippen LogP contribution is 2.16. The highest BCUT2D eigenvalue weighted by atomic mass is 16.1. The van der Waals surface area contributed by atoms with Crippen LogP contribution in [0.2, 0.25) is 0 Å². The summed E-state index contributed by atoms with van der Waals surface area (Å²) in [5, 5.41) is 7.33. The molecule has 2 heterocycles. The third-order valence-corrected chi connectivity index (χ3v) is 3.57. The molecule has 0 atom stereocenters. The number of benzene rings is 1. The van der Waals surface area contributed by atoms with Gasteiger partial charge in [-0.05, 0) is 37.3 Å². The second-order valence-electron chi connectivity index (χ2n) is 5.41. The third kappa shape index (κ3) is 3.45. The SMILES string of the molecule is Cc1cccc(C(=O)NCc2cc(-c3ccccn3)n(C)n2)c1. The van der Waals surface area contributed by atoms with Gasteiger partial charge in [0.05, 0.1) is 23.6 Å². The molecule has 0 aliphatic heterocycles. The number of carbonyl (C=O) groups is 1. The van der Waals surface area contributed by atoms with E-state index in [9.17, 15) is 4.79 Å². The fourth-order valence-electron chi connectivity index (χ4n) is 2.43. The molecular formula is C18H18N4O. The summed E-state index contributed by atoms with van der Waals surface area (Å²) in [6, 6.07) is 15.2. The number of hydrogen-bond donors (Lipinski definition) is 1. The molecule has 1 N–H and O–H groups in total. The number of nitrogens with zero attached hydrogens (tertiary/aromatic N) is 3. The van der Waals surface area contributed by atoms with E-state index >= 15 is 0 Å². The highest BCUT2D eigenvalue weighted by molar-refractivity contribution is 5.94. The molecule has 5 heteroatoms. The van der Waals surface area contributed by atoms with Gasteiger partial charge < -0.3 is 5.32 Å². The zero-order chi connectivity index (χ0) is 16.2. The summed E-state index contributed by atoms with van der Waals surface area (Å²) in [4.78, 5) is 16.5. The molecule has 0 spiro atoms. The normalized spacial score (nSPS) is 10.5. The Balaban J connectivity index is 1.71. The molecule has 3 rings (SSSR count). The second kappa shape index (κ2) is 6.44. The van der Waals surface area contributed by atoms with Crippen molar-refractivity contribution in [1.29, 1.82) is 0 Å². The smallest absolute Gasteiger partial charge is 0.251 e. The van der Waals surface area contributed by atoms with Crippen molar-refractivity contribution in [2.75, 3.05) is 0 Å². The van der Waals surface area contributed by atoms with Gasteiger partial charge in [-0.1, -0.05) is 23.8 Å². The number of pyridine rings is 1. The molecule has 2 aromatic heterocycles. The van der Waals surface area contributed by atoms with Crippen LogP contribution in [-0.4, -0.2) is 20.7 Å². The van der Waals surface area contributed by atoms with Crippen LogP contribution in [0.15, 0.2) is 54.7 Å². The van der Waals surface area contributed by atoms with E-state index < -0.39 is 0 Å². The van der Waals surface area contributed by atoms with E-state index in [1.165, 1.54) is 0 Å². The van der Waals surface area contributed by atoms with Gasteiger partial charge in [0.25, 0.3) is 5.91 Å². The Hall–Kier alpha value is -2.95. The summed E-state index contributed by atoms with van der Waals surface area (Å²) in [7, 11) is 1.87. The first-order valence-corrected chi connectivity index (χ1v) is 7.42. The van der Waals surface area contributed by atoms with E-state index in [0.29, 0.717) is 12.1 Å². The largest absolute Gasteiger partial charge is 0.346 e. The monoisotopic (exact) mass is 306 g/mol. The van der Waals surface area contributed by atoms with Crippen molar-refractivity contribution in [3.05, 3.63) is 71.5 Å². The van der Waals surface area contributed by atoms with Gasteiger partial charge in [-0.2, -0.15) is 5.10 Å². The quantitative estimate of drug-likeness (QED) is 0.806. The summed E-state index contributed by atoms with van der Waals surface area (Å²) in [5.74, 6) is -0.0984. The molecule has 3 aromatic rings. The molecule has 0 saturated heterocycles. The zero-order valence-corrected chi connectivity index (χ0v) is 13.2. The Morgan fingerprint density at radius 3 is 2.78 bits per heavy atom. The van der Waals surface area contributed by atoms with Gasteiger partial charge in [0, 0.05) is 18.8 Å². The summed E-state index contributed by atoms with van der Waals surface area (Å²) < 4.78 is 1.77. The van der Waals surface area contributed by atoms with Gasteiger partial charge in [-0.25, -0.2) is 0 Å². The fourth-order valence-corrected chi connectivity index (χ4v) is 2.43. The van der Waals surface area contributed by atoms with Gasteiger partial charge in [-0.3, -0.25) is 14.5 Å². The Morgan fingerprint density at radius 1 is 1.17 bits per heavy atom. The van der Waals surface area contributed by atoms with Crippen LogP contribution in [0.25, 0.3) is 11.4 Å². The van der Waals surface area contributed by atoms with Crippen LogP contribution in [0.3, 0.4) is 0 Å². The van der Waals surface area contributed by atoms with Crippen molar-refractivity contribution >= 4 is 5.91 Å². The van der Waals surface area contributed by atoms with Crippen LogP contribution in [-0.2, 0) is 13.6 Å². The molecular weight excluding hydrogens is 288 g/mol. The number of aromatic nitrogens is 3. The van der Waals surface area contributed by atoms with Crippen LogP contribution >= 0.6 is 0 Å². The van der Waals surface area contributed by atoms with E-state index in [4.69, 9.17) is 0 Å². The zero-order valence-electron chi connectivity index (χ0n) is 13.2. The van der Waals surface area contributed by atoms with E-state index in [2.05, 4.69) is 15.4 Å². The minimum Gasteiger partial charge on any atom is -0.346 e. The average molecular weight is 306 g/mol. The molecule has 23 heavy (non-hydrogen) atoms. The van der Waals surface area contributed by atoms with Crippen LogP contribution in [0.5, 0.6) is 0 Å². The lowest BCUT2D eigenvalue weighted by Crippen LogP contribution is -2.23. The molecule has 116 valence electrons. The van der Waals surface area contributed by atoms with Gasteiger partial charge in [0.15, 0.2) is 0 Å². The summed E-state index contributed by atoms with van der Waals surface area (Å²) in [5.41, 5.74) is 4.30. The average Bonchev–Trinajstić information content (AvgIpc) is 2.94. The minimum atomic E-state index is -0.0984. The standard InChI is InChI=1S/C18H18N4O/c1-13-6-5-7-14(10-13)18(23)20-12-15-11-17(22(2)21-15)16-8-3-4-9-19-16/h3-11H,12H2,1-2H3,(H,20,23). The molecule has 0 bridgehead atoms. The molecule has 0 aliphatic carbocycles. The van der Waals surface area contributed by atoms with Crippen molar-refractivity contribution in [1.82, 2.24) is 20.1 Å². The minimum absolute atomic E-state index is 0.0984. The first kappa shape index (κ1) is 15.0. The molecule has 5 nitrogen and oxygen atoms in total. The van der Waals surface area contributed by atoms with Gasteiger partial charge in [0.2, 0.25) is 0 Å². The molecule has 0 saturated carbocycles. The van der Waals surface area contributed by atoms with Crippen molar-refractivity contribution < 1.29 is 4.79 Å². The Labute approximate surface area is 135 Å². The number of nitrogens with one attached hydrogen (secondary N) is 1. The lowest BCUT2D eigenvalue weighted by molar-refractivity contribution is 0.0950. The number of amides is 1. The predicted octanol–water partition coefficient (Wildman–Crippen LogP) is 2.72. The van der Waals surface area contributed by atoms with Crippen LogP contribution in [0, 0.1) is 6.92 Å². The lowest BCUT2D eigenvalue weighted by Gasteiger charge is -2.03. The number of rotatable bonds is 4. The van der Waals surface area contributed by atoms with Crippen LogP contribution < -0.4 is 5.32 Å². The number of carbonyl (C=O) groups excluding carboxylic acids is 1. The number of hydrogen-bond acceptors (Lipinski definition) is 3. The van der Waals surface area contributed by atoms with Gasteiger partial charge in [0.1, 0.15) is 0 Å². The molecule has 0 radical (unpaired) electrons. The van der Waals surface area contributed by atoms with E-state index in [-0.39, 0.29) is 5.91 Å². The third-order valence-electron chi connectivity index (χ3n) is 3.57. The Kier molecular flexibility index (Phi) is 4.19. The molecule has 0 fully saturated rings. The van der Waals surface area contributed by atoms with E-state index in [1.807, 2.05) is 56.4 Å². The maximum Gasteiger partial charge on any atom is 0.251 e. The summed E-state index contributed by atoms with van der Waals surface area (Å²) in [6.45, 7) is 2.35. The first-order valence-electron chi connectivity index (χ1n) is 7.42. The molecule has 0 aliphatic rings. The fraction of sp³-hybridized carbons (Fsp3) is 0.167. The predicted molar refractivity (Wildman–Crippen MR) is 88.8 cm³/mol. The van der Waals surface area contributed by atoms with Gasteiger partial charge in [-0.15, -0.1) is 0 Å². The Morgan fingerprint density at radius 2 is 2.04 bits per heavy atom. The molecule has 1 aromatic carbocycles. The molecule has 1 amide bonds. The van der Waals surface area contributed by atoms with Crippen LogP contribution in [0.1, 0.15) is 21.6 Å². The van der Waals surface area contributed by atoms with Gasteiger partial charge >= 0.3 is 0 Å². The summed E-state index contributed by atoms with van der Waals surface area (Å²) in [6.07, 6.45) is 1.75. The van der Waals surface area contributed by atoms with E-state index in [0.717, 1.165) is 22.6 Å². The Bertz CT molecular complexity index is 824. The lowest BCUT2D eigenvalue weighted by atomic mass is 10.1. The van der Waals surface area contributed by atoms with Crippen molar-refractivity contribution in [2.24, 2.45) is 7.05 Å². The van der Waals surface area contributed by atoms with Crippen molar-refractivity contribution in [2.45, 2.75) is 13.5 Å². The second-order valence-corrected chi connectivity index (χ2v) is 5.41. The highest BCUT2D eigenvalue weighted by Gasteiger charge is 2.10. The number of aryl methyl sites for hydroxylation is 2. The van der Waals surface area contributed by atoms with E-state index in [1.54, 1.807) is 16.9 Å². The van der Waals surface area contributed by atoms with Crippen molar-refractivity contribution in [3.8, 4) is 11.4 Å².